The molecule has 1 saturated heterocycles. The topological polar surface area (TPSA) is 41.5 Å². The van der Waals surface area contributed by atoms with Crippen LogP contribution in [0, 0.1) is 13.8 Å². The van der Waals surface area contributed by atoms with E-state index in [9.17, 15) is 4.79 Å². The number of halogens is 1. The normalized spacial score (nSPS) is 17.8. The third-order valence-electron chi connectivity index (χ3n) is 3.41. The van der Waals surface area contributed by atoms with Crippen molar-refractivity contribution < 1.29 is 4.79 Å². The van der Waals surface area contributed by atoms with Gasteiger partial charge in [0.25, 0.3) is 5.91 Å². The summed E-state index contributed by atoms with van der Waals surface area (Å²) < 4.78 is 0. The highest BCUT2D eigenvalue weighted by molar-refractivity contribution is 8.18. The summed E-state index contributed by atoms with van der Waals surface area (Å²) in [7, 11) is 0. The standard InChI is InChI=1S/C18H15ClN2OS/c1-11-3-6-13(7-4-11)9-16-17(22)21-18(23-16)20-14-8-5-12(2)15(19)10-14/h3-10H,1-2H3,(H,20,21,22)/b16-9-. The van der Waals surface area contributed by atoms with E-state index in [-0.39, 0.29) is 5.91 Å². The maximum Gasteiger partial charge on any atom is 0.264 e. The zero-order chi connectivity index (χ0) is 16.4. The summed E-state index contributed by atoms with van der Waals surface area (Å²) in [4.78, 5) is 17.1. The van der Waals surface area contributed by atoms with E-state index in [0.29, 0.717) is 15.1 Å². The Bertz CT molecular complexity index is 825. The lowest BCUT2D eigenvalue weighted by Crippen LogP contribution is -2.19. The smallest absolute Gasteiger partial charge is 0.264 e. The van der Waals surface area contributed by atoms with Crippen LogP contribution in [0.25, 0.3) is 6.08 Å². The van der Waals surface area contributed by atoms with Crippen LogP contribution < -0.4 is 5.32 Å². The van der Waals surface area contributed by atoms with E-state index in [1.807, 2.05) is 56.3 Å². The lowest BCUT2D eigenvalue weighted by molar-refractivity contribution is -0.115. The van der Waals surface area contributed by atoms with Gasteiger partial charge in [0.2, 0.25) is 0 Å². The predicted molar refractivity (Wildman–Crippen MR) is 98.2 cm³/mol. The molecule has 2 aromatic rings. The largest absolute Gasteiger partial charge is 0.300 e. The molecular weight excluding hydrogens is 328 g/mol. The molecule has 1 heterocycles. The van der Waals surface area contributed by atoms with Gasteiger partial charge < -0.3 is 5.32 Å². The number of carbonyl (C=O) groups excluding carboxylic acids is 1. The second-order valence-electron chi connectivity index (χ2n) is 5.33. The van der Waals surface area contributed by atoms with Crippen LogP contribution in [0.4, 0.5) is 5.69 Å². The minimum Gasteiger partial charge on any atom is -0.300 e. The molecule has 0 saturated carbocycles. The number of rotatable bonds is 2. The molecule has 0 aromatic heterocycles. The molecule has 0 atom stereocenters. The lowest BCUT2D eigenvalue weighted by atomic mass is 10.1. The van der Waals surface area contributed by atoms with E-state index in [4.69, 9.17) is 11.6 Å². The first-order valence-electron chi connectivity index (χ1n) is 7.14. The molecule has 3 rings (SSSR count). The van der Waals surface area contributed by atoms with Gasteiger partial charge in [-0.15, -0.1) is 0 Å². The van der Waals surface area contributed by atoms with E-state index in [2.05, 4.69) is 10.3 Å². The first-order chi connectivity index (χ1) is 11.0. The van der Waals surface area contributed by atoms with Crippen molar-refractivity contribution >= 4 is 46.2 Å². The average molecular weight is 343 g/mol. The van der Waals surface area contributed by atoms with Crippen LogP contribution in [0.2, 0.25) is 5.02 Å². The molecule has 1 fully saturated rings. The highest BCUT2D eigenvalue weighted by Gasteiger charge is 2.23. The molecule has 0 unspecified atom stereocenters. The van der Waals surface area contributed by atoms with Gasteiger partial charge in [-0.2, -0.15) is 0 Å². The number of amides is 1. The second kappa shape index (κ2) is 6.60. The Morgan fingerprint density at radius 1 is 1.13 bits per heavy atom. The third-order valence-corrected chi connectivity index (χ3v) is 4.73. The Morgan fingerprint density at radius 2 is 1.87 bits per heavy atom. The zero-order valence-corrected chi connectivity index (χ0v) is 14.3. The van der Waals surface area contributed by atoms with Crippen LogP contribution in [-0.2, 0) is 4.79 Å². The van der Waals surface area contributed by atoms with Gasteiger partial charge in [0.1, 0.15) is 0 Å². The van der Waals surface area contributed by atoms with Gasteiger partial charge in [-0.1, -0.05) is 47.5 Å². The van der Waals surface area contributed by atoms with E-state index < -0.39 is 0 Å². The first-order valence-corrected chi connectivity index (χ1v) is 8.33. The van der Waals surface area contributed by atoms with Crippen LogP contribution in [-0.4, -0.2) is 11.1 Å². The van der Waals surface area contributed by atoms with Crippen LogP contribution in [0.5, 0.6) is 0 Å². The maximum atomic E-state index is 12.1. The quantitative estimate of drug-likeness (QED) is 0.793. The highest BCUT2D eigenvalue weighted by atomic mass is 35.5. The van der Waals surface area contributed by atoms with Crippen LogP contribution in [0.3, 0.4) is 0 Å². The summed E-state index contributed by atoms with van der Waals surface area (Å²) in [5.41, 5.74) is 3.90. The van der Waals surface area contributed by atoms with E-state index >= 15 is 0 Å². The summed E-state index contributed by atoms with van der Waals surface area (Å²) in [6.07, 6.45) is 1.87. The molecule has 0 bridgehead atoms. The monoisotopic (exact) mass is 342 g/mol. The molecule has 0 aliphatic carbocycles. The van der Waals surface area contributed by atoms with Gasteiger partial charge in [0, 0.05) is 5.02 Å². The zero-order valence-electron chi connectivity index (χ0n) is 12.8. The van der Waals surface area contributed by atoms with Crippen molar-refractivity contribution in [3.05, 3.63) is 69.1 Å². The molecule has 2 aromatic carbocycles. The predicted octanol–water partition coefficient (Wildman–Crippen LogP) is 4.85. The minimum atomic E-state index is -0.132. The van der Waals surface area contributed by atoms with Crippen molar-refractivity contribution in [3.63, 3.8) is 0 Å². The summed E-state index contributed by atoms with van der Waals surface area (Å²) in [5.74, 6) is -0.132. The van der Waals surface area contributed by atoms with E-state index in [1.54, 1.807) is 6.07 Å². The fourth-order valence-electron chi connectivity index (χ4n) is 2.06. The van der Waals surface area contributed by atoms with Crippen molar-refractivity contribution in [2.45, 2.75) is 13.8 Å². The first kappa shape index (κ1) is 15.8. The van der Waals surface area contributed by atoms with Crippen molar-refractivity contribution in [1.29, 1.82) is 0 Å². The van der Waals surface area contributed by atoms with Gasteiger partial charge in [-0.05, 0) is 54.9 Å². The molecule has 1 amide bonds. The number of amidine groups is 1. The Hall–Kier alpha value is -2.04. The van der Waals surface area contributed by atoms with Gasteiger partial charge in [-0.25, -0.2) is 4.99 Å². The molecular formula is C18H15ClN2OS. The SMILES string of the molecule is Cc1ccc(/C=C2\SC(=Nc3ccc(C)c(Cl)c3)NC2=O)cc1. The Morgan fingerprint density at radius 3 is 2.57 bits per heavy atom. The van der Waals surface area contributed by atoms with Gasteiger partial charge >= 0.3 is 0 Å². The third kappa shape index (κ3) is 3.84. The lowest BCUT2D eigenvalue weighted by Gasteiger charge is -2.00. The Labute approximate surface area is 144 Å². The molecule has 23 heavy (non-hydrogen) atoms. The van der Waals surface area contributed by atoms with Gasteiger partial charge in [-0.3, -0.25) is 4.79 Å². The number of benzene rings is 2. The summed E-state index contributed by atoms with van der Waals surface area (Å²) in [5, 5.41) is 4.01. The van der Waals surface area contributed by atoms with Crippen LogP contribution in [0.15, 0.2) is 52.4 Å². The second-order valence-corrected chi connectivity index (χ2v) is 6.76. The highest BCUT2D eigenvalue weighted by Crippen LogP contribution is 2.29. The molecule has 3 nitrogen and oxygen atoms in total. The summed E-state index contributed by atoms with van der Waals surface area (Å²) >= 11 is 7.43. The van der Waals surface area contributed by atoms with Crippen molar-refractivity contribution in [2.24, 2.45) is 4.99 Å². The number of hydrogen-bond donors (Lipinski definition) is 1. The fourth-order valence-corrected chi connectivity index (χ4v) is 3.08. The van der Waals surface area contributed by atoms with Gasteiger partial charge in [0.15, 0.2) is 5.17 Å². The van der Waals surface area contributed by atoms with E-state index in [1.165, 1.54) is 17.3 Å². The molecule has 1 N–H and O–H groups in total. The molecule has 0 radical (unpaired) electrons. The molecule has 1 aliphatic rings. The summed E-state index contributed by atoms with van der Waals surface area (Å²) in [6.45, 7) is 3.97. The van der Waals surface area contributed by atoms with Gasteiger partial charge in [0.05, 0.1) is 10.6 Å². The van der Waals surface area contributed by atoms with E-state index in [0.717, 1.165) is 16.8 Å². The Kier molecular flexibility index (Phi) is 4.55. The number of aryl methyl sites for hydroxylation is 2. The number of nitrogens with zero attached hydrogens (tertiary/aromatic N) is 1. The fraction of sp³-hybridized carbons (Fsp3) is 0.111. The minimum absolute atomic E-state index is 0.132. The average Bonchev–Trinajstić information content (AvgIpc) is 2.85. The van der Waals surface area contributed by atoms with Crippen molar-refractivity contribution in [2.75, 3.05) is 0 Å². The molecule has 0 spiro atoms. The molecule has 116 valence electrons. The number of nitrogens with one attached hydrogen (secondary N) is 1. The van der Waals surface area contributed by atoms with Crippen LogP contribution in [0.1, 0.15) is 16.7 Å². The number of carbonyl (C=O) groups is 1. The number of aliphatic imine (C=N–C) groups is 1. The van der Waals surface area contributed by atoms with Crippen LogP contribution >= 0.6 is 23.4 Å². The summed E-state index contributed by atoms with van der Waals surface area (Å²) in [6, 6.07) is 13.6. The maximum absolute atomic E-state index is 12.1. The number of hydrogen-bond acceptors (Lipinski definition) is 3. The van der Waals surface area contributed by atoms with Crippen molar-refractivity contribution in [3.8, 4) is 0 Å². The molecule has 1 aliphatic heterocycles. The number of thioether (sulfide) groups is 1. The Balaban J connectivity index is 1.82. The van der Waals surface area contributed by atoms with Crippen molar-refractivity contribution in [1.82, 2.24) is 5.32 Å². The molecule has 5 heteroatoms.